The Balaban J connectivity index is 2.60. The lowest BCUT2D eigenvalue weighted by molar-refractivity contribution is 0.119. The van der Waals surface area contributed by atoms with Crippen molar-refractivity contribution in [3.05, 3.63) is 15.6 Å². The van der Waals surface area contributed by atoms with Crippen LogP contribution in [-0.2, 0) is 11.3 Å². The van der Waals surface area contributed by atoms with Gasteiger partial charge in [-0.3, -0.25) is 0 Å². The van der Waals surface area contributed by atoms with Crippen molar-refractivity contribution in [2.75, 3.05) is 13.7 Å². The normalized spacial score (nSPS) is 13.1. The molecular formula is C11H20N2OS. The molecule has 0 aliphatic rings. The van der Waals surface area contributed by atoms with Gasteiger partial charge in [-0.15, -0.1) is 11.3 Å². The van der Waals surface area contributed by atoms with Gasteiger partial charge in [0.1, 0.15) is 11.1 Å². The Labute approximate surface area is 95.9 Å². The maximum atomic E-state index is 5.26. The van der Waals surface area contributed by atoms with Crippen LogP contribution in [0.15, 0.2) is 0 Å². The molecule has 3 nitrogen and oxygen atoms in total. The molecule has 86 valence electrons. The Morgan fingerprint density at radius 1 is 1.53 bits per heavy atom. The summed E-state index contributed by atoms with van der Waals surface area (Å²) in [4.78, 5) is 5.84. The van der Waals surface area contributed by atoms with E-state index in [0.717, 1.165) is 23.8 Å². The van der Waals surface area contributed by atoms with Gasteiger partial charge < -0.3 is 10.1 Å². The predicted octanol–water partition coefficient (Wildman–Crippen LogP) is 2.66. The summed E-state index contributed by atoms with van der Waals surface area (Å²) in [6, 6.07) is 0. The van der Waals surface area contributed by atoms with Crippen molar-refractivity contribution in [1.29, 1.82) is 0 Å². The number of aryl methyl sites for hydroxylation is 1. The van der Waals surface area contributed by atoms with Crippen LogP contribution in [0.4, 0.5) is 0 Å². The van der Waals surface area contributed by atoms with E-state index in [1.54, 1.807) is 18.4 Å². The molecule has 0 aliphatic carbocycles. The van der Waals surface area contributed by atoms with Gasteiger partial charge in [0.05, 0.1) is 5.69 Å². The average Bonchev–Trinajstić information content (AvgIpc) is 2.60. The molecule has 0 spiro atoms. The molecule has 1 aromatic rings. The van der Waals surface area contributed by atoms with Gasteiger partial charge in [-0.1, -0.05) is 6.92 Å². The fourth-order valence-electron chi connectivity index (χ4n) is 1.27. The van der Waals surface area contributed by atoms with Crippen molar-refractivity contribution < 1.29 is 4.74 Å². The Kier molecular flexibility index (Phi) is 5.22. The van der Waals surface area contributed by atoms with Gasteiger partial charge >= 0.3 is 0 Å². The van der Waals surface area contributed by atoms with Gasteiger partial charge in [0.25, 0.3) is 0 Å². The molecule has 0 saturated carbocycles. The summed E-state index contributed by atoms with van der Waals surface area (Å²) in [5, 5.41) is 4.46. The highest BCUT2D eigenvalue weighted by Crippen LogP contribution is 2.24. The lowest BCUT2D eigenvalue weighted by Crippen LogP contribution is -2.13. The van der Waals surface area contributed by atoms with E-state index >= 15 is 0 Å². The highest BCUT2D eigenvalue weighted by Gasteiger charge is 2.12. The van der Waals surface area contributed by atoms with Crippen LogP contribution in [0.1, 0.15) is 42.0 Å². The maximum Gasteiger partial charge on any atom is 0.122 e. The van der Waals surface area contributed by atoms with Crippen molar-refractivity contribution in [3.8, 4) is 0 Å². The monoisotopic (exact) mass is 228 g/mol. The third kappa shape index (κ3) is 3.55. The van der Waals surface area contributed by atoms with Crippen LogP contribution in [0, 0.1) is 6.92 Å². The minimum Gasteiger partial charge on any atom is -0.375 e. The van der Waals surface area contributed by atoms with E-state index in [1.807, 2.05) is 6.92 Å². The first-order valence-electron chi connectivity index (χ1n) is 5.38. The Morgan fingerprint density at radius 2 is 2.27 bits per heavy atom. The molecule has 1 N–H and O–H groups in total. The van der Waals surface area contributed by atoms with E-state index in [2.05, 4.69) is 24.1 Å². The number of aromatic nitrogens is 1. The molecule has 1 rings (SSSR count). The van der Waals surface area contributed by atoms with E-state index in [-0.39, 0.29) is 6.10 Å². The summed E-state index contributed by atoms with van der Waals surface area (Å²) < 4.78 is 5.26. The molecule has 1 aromatic heterocycles. The van der Waals surface area contributed by atoms with Gasteiger partial charge in [0.2, 0.25) is 0 Å². The van der Waals surface area contributed by atoms with Crippen LogP contribution >= 0.6 is 11.3 Å². The van der Waals surface area contributed by atoms with Crippen molar-refractivity contribution in [2.45, 2.75) is 39.8 Å². The topological polar surface area (TPSA) is 34.1 Å². The van der Waals surface area contributed by atoms with Crippen LogP contribution in [-0.4, -0.2) is 18.6 Å². The average molecular weight is 228 g/mol. The van der Waals surface area contributed by atoms with E-state index in [0.29, 0.717) is 0 Å². The number of methoxy groups -OCH3 is 1. The first-order valence-corrected chi connectivity index (χ1v) is 6.20. The number of rotatable bonds is 6. The number of thiazole rings is 1. The Bertz CT molecular complexity index is 299. The zero-order valence-corrected chi connectivity index (χ0v) is 10.8. The molecule has 0 radical (unpaired) electrons. The summed E-state index contributed by atoms with van der Waals surface area (Å²) in [7, 11) is 1.72. The number of hydrogen-bond acceptors (Lipinski definition) is 4. The van der Waals surface area contributed by atoms with E-state index in [4.69, 9.17) is 4.74 Å². The second-order valence-electron chi connectivity index (χ2n) is 3.62. The number of hydrogen-bond donors (Lipinski definition) is 1. The number of nitrogens with one attached hydrogen (secondary N) is 1. The minimum atomic E-state index is 0.105. The molecule has 0 fully saturated rings. The number of nitrogens with zero attached hydrogens (tertiary/aromatic N) is 1. The van der Waals surface area contributed by atoms with Crippen molar-refractivity contribution >= 4 is 11.3 Å². The van der Waals surface area contributed by atoms with Gasteiger partial charge in [0, 0.05) is 18.5 Å². The van der Waals surface area contributed by atoms with Crippen LogP contribution in [0.25, 0.3) is 0 Å². The Hall–Kier alpha value is -0.450. The SMILES string of the molecule is CCCNCc1sc(C(C)OC)nc1C. The van der Waals surface area contributed by atoms with Crippen LogP contribution in [0.2, 0.25) is 0 Å². The predicted molar refractivity (Wildman–Crippen MR) is 64.3 cm³/mol. The molecular weight excluding hydrogens is 208 g/mol. The second-order valence-corrected chi connectivity index (χ2v) is 4.73. The lowest BCUT2D eigenvalue weighted by atomic mass is 10.3. The molecule has 4 heteroatoms. The summed E-state index contributed by atoms with van der Waals surface area (Å²) in [6.45, 7) is 8.25. The zero-order valence-electron chi connectivity index (χ0n) is 9.96. The highest BCUT2D eigenvalue weighted by molar-refractivity contribution is 7.11. The third-order valence-corrected chi connectivity index (χ3v) is 3.64. The highest BCUT2D eigenvalue weighted by atomic mass is 32.1. The van der Waals surface area contributed by atoms with Crippen LogP contribution < -0.4 is 5.32 Å². The summed E-state index contributed by atoms with van der Waals surface area (Å²) in [5.41, 5.74) is 1.13. The molecule has 0 bridgehead atoms. The fraction of sp³-hybridized carbons (Fsp3) is 0.727. The van der Waals surface area contributed by atoms with Crippen molar-refractivity contribution in [1.82, 2.24) is 10.3 Å². The molecule has 0 amide bonds. The van der Waals surface area contributed by atoms with Gasteiger partial charge in [0.15, 0.2) is 0 Å². The van der Waals surface area contributed by atoms with Gasteiger partial charge in [-0.25, -0.2) is 4.98 Å². The molecule has 0 aromatic carbocycles. The van der Waals surface area contributed by atoms with E-state index < -0.39 is 0 Å². The van der Waals surface area contributed by atoms with Crippen molar-refractivity contribution in [2.24, 2.45) is 0 Å². The maximum absolute atomic E-state index is 5.26. The third-order valence-electron chi connectivity index (χ3n) is 2.32. The lowest BCUT2D eigenvalue weighted by Gasteiger charge is -2.03. The molecule has 0 aliphatic heterocycles. The van der Waals surface area contributed by atoms with Crippen molar-refractivity contribution in [3.63, 3.8) is 0 Å². The number of ether oxygens (including phenoxy) is 1. The first-order chi connectivity index (χ1) is 7.19. The minimum absolute atomic E-state index is 0.105. The van der Waals surface area contributed by atoms with Gasteiger partial charge in [-0.05, 0) is 26.8 Å². The standard InChI is InChI=1S/C11H20N2OS/c1-5-6-12-7-10-8(2)13-11(15-10)9(3)14-4/h9,12H,5-7H2,1-4H3. The van der Waals surface area contributed by atoms with E-state index in [9.17, 15) is 0 Å². The largest absolute Gasteiger partial charge is 0.375 e. The molecule has 1 heterocycles. The summed E-state index contributed by atoms with van der Waals surface area (Å²) in [6.07, 6.45) is 1.27. The van der Waals surface area contributed by atoms with E-state index in [1.165, 1.54) is 11.3 Å². The molecule has 1 unspecified atom stereocenters. The summed E-state index contributed by atoms with van der Waals surface area (Å²) in [5.74, 6) is 0. The second kappa shape index (κ2) is 6.20. The fourth-order valence-corrected chi connectivity index (χ4v) is 2.33. The Morgan fingerprint density at radius 3 is 2.87 bits per heavy atom. The molecule has 1 atom stereocenters. The summed E-state index contributed by atoms with van der Waals surface area (Å²) >= 11 is 1.74. The smallest absolute Gasteiger partial charge is 0.122 e. The van der Waals surface area contributed by atoms with Crippen LogP contribution in [0.3, 0.4) is 0 Å². The molecule has 15 heavy (non-hydrogen) atoms. The van der Waals surface area contributed by atoms with Gasteiger partial charge in [-0.2, -0.15) is 0 Å². The zero-order chi connectivity index (χ0) is 11.3. The quantitative estimate of drug-likeness (QED) is 0.760. The first kappa shape index (κ1) is 12.6. The van der Waals surface area contributed by atoms with Crippen LogP contribution in [0.5, 0.6) is 0 Å². The molecule has 0 saturated heterocycles.